The Labute approximate surface area is 125 Å². The average molecular weight is 321 g/mol. The molecular formula is C13H21ClN2O3S. The third-order valence-electron chi connectivity index (χ3n) is 2.64. The molecule has 1 aromatic rings. The van der Waals surface area contributed by atoms with Crippen LogP contribution in [0.25, 0.3) is 0 Å². The lowest BCUT2D eigenvalue weighted by molar-refractivity contribution is 0.128. The summed E-state index contributed by atoms with van der Waals surface area (Å²) in [5, 5.41) is 0.401. The fourth-order valence-electron chi connectivity index (χ4n) is 1.51. The zero-order chi connectivity index (χ0) is 15.2. The normalized spacial score (nSPS) is 12.0. The number of nitrogens with one attached hydrogen (secondary N) is 1. The van der Waals surface area contributed by atoms with E-state index in [4.69, 9.17) is 22.1 Å². The first-order chi connectivity index (χ1) is 9.33. The van der Waals surface area contributed by atoms with Crippen LogP contribution in [0.2, 0.25) is 5.02 Å². The van der Waals surface area contributed by atoms with Gasteiger partial charge < -0.3 is 10.5 Å². The van der Waals surface area contributed by atoms with Gasteiger partial charge in [-0.3, -0.25) is 0 Å². The summed E-state index contributed by atoms with van der Waals surface area (Å²) in [6.07, 6.45) is 0.955. The predicted molar refractivity (Wildman–Crippen MR) is 81.3 cm³/mol. The van der Waals surface area contributed by atoms with Gasteiger partial charge in [0.25, 0.3) is 0 Å². The maximum Gasteiger partial charge on any atom is 0.242 e. The number of nitrogen functional groups attached to an aromatic ring is 1. The van der Waals surface area contributed by atoms with Gasteiger partial charge in [0, 0.05) is 18.2 Å². The Kier molecular flexibility index (Phi) is 6.75. The van der Waals surface area contributed by atoms with Crippen LogP contribution in [0.1, 0.15) is 20.3 Å². The molecule has 1 rings (SSSR count). The van der Waals surface area contributed by atoms with E-state index in [1.54, 1.807) is 0 Å². The number of ether oxygens (including phenoxy) is 1. The smallest absolute Gasteiger partial charge is 0.242 e. The fourth-order valence-corrected chi connectivity index (χ4v) is 2.82. The second kappa shape index (κ2) is 7.83. The summed E-state index contributed by atoms with van der Waals surface area (Å²) in [6.45, 7) is 5.38. The largest absolute Gasteiger partial charge is 0.398 e. The SMILES string of the molecule is CC(C)CCOCCNS(=O)(=O)c1ccc(Cl)cc1N. The lowest BCUT2D eigenvalue weighted by Gasteiger charge is -2.10. The number of hydrogen-bond donors (Lipinski definition) is 2. The fraction of sp³-hybridized carbons (Fsp3) is 0.538. The van der Waals surface area contributed by atoms with Gasteiger partial charge in [0.1, 0.15) is 4.90 Å². The van der Waals surface area contributed by atoms with E-state index in [0.717, 1.165) is 6.42 Å². The minimum absolute atomic E-state index is 0.0316. The molecule has 0 unspecified atom stereocenters. The van der Waals surface area contributed by atoms with Gasteiger partial charge in [0.15, 0.2) is 0 Å². The number of halogens is 1. The Balaban J connectivity index is 2.46. The van der Waals surface area contributed by atoms with E-state index in [2.05, 4.69) is 18.6 Å². The first-order valence-electron chi connectivity index (χ1n) is 6.45. The molecule has 0 atom stereocenters. The highest BCUT2D eigenvalue weighted by molar-refractivity contribution is 7.89. The topological polar surface area (TPSA) is 81.4 Å². The molecule has 0 fully saturated rings. The Morgan fingerprint density at radius 3 is 2.65 bits per heavy atom. The van der Waals surface area contributed by atoms with E-state index in [9.17, 15) is 8.42 Å². The van der Waals surface area contributed by atoms with Crippen molar-refractivity contribution >= 4 is 27.3 Å². The molecular weight excluding hydrogens is 300 g/mol. The van der Waals surface area contributed by atoms with Crippen molar-refractivity contribution in [1.29, 1.82) is 0 Å². The zero-order valence-electron chi connectivity index (χ0n) is 11.7. The highest BCUT2D eigenvalue weighted by atomic mass is 35.5. The van der Waals surface area contributed by atoms with Gasteiger partial charge in [-0.1, -0.05) is 25.4 Å². The molecule has 3 N–H and O–H groups in total. The molecule has 0 saturated heterocycles. The molecule has 0 radical (unpaired) electrons. The van der Waals surface area contributed by atoms with Gasteiger partial charge in [-0.15, -0.1) is 0 Å². The first kappa shape index (κ1) is 17.2. The average Bonchev–Trinajstić information content (AvgIpc) is 2.32. The highest BCUT2D eigenvalue weighted by Gasteiger charge is 2.16. The molecule has 0 spiro atoms. The summed E-state index contributed by atoms with van der Waals surface area (Å²) in [6, 6.07) is 4.29. The van der Waals surface area contributed by atoms with Gasteiger partial charge in [-0.25, -0.2) is 13.1 Å². The summed E-state index contributed by atoms with van der Waals surface area (Å²) in [5.74, 6) is 0.570. The molecule has 1 aromatic carbocycles. The van der Waals surface area contributed by atoms with Crippen molar-refractivity contribution in [2.45, 2.75) is 25.2 Å². The monoisotopic (exact) mass is 320 g/mol. The molecule has 20 heavy (non-hydrogen) atoms. The summed E-state index contributed by atoms with van der Waals surface area (Å²) in [7, 11) is -3.62. The third-order valence-corrected chi connectivity index (χ3v) is 4.41. The maximum absolute atomic E-state index is 12.0. The number of anilines is 1. The Morgan fingerprint density at radius 2 is 2.05 bits per heavy atom. The lowest BCUT2D eigenvalue weighted by atomic mass is 10.1. The van der Waals surface area contributed by atoms with Crippen molar-refractivity contribution in [3.63, 3.8) is 0 Å². The van der Waals surface area contributed by atoms with Crippen LogP contribution in [0, 0.1) is 5.92 Å². The van der Waals surface area contributed by atoms with Crippen molar-refractivity contribution in [1.82, 2.24) is 4.72 Å². The highest BCUT2D eigenvalue weighted by Crippen LogP contribution is 2.21. The summed E-state index contributed by atoms with van der Waals surface area (Å²) in [4.78, 5) is 0.0316. The quantitative estimate of drug-likeness (QED) is 0.568. The molecule has 5 nitrogen and oxygen atoms in total. The van der Waals surface area contributed by atoms with Crippen LogP contribution in [0.5, 0.6) is 0 Å². The van der Waals surface area contributed by atoms with Gasteiger partial charge >= 0.3 is 0 Å². The molecule has 0 saturated carbocycles. The van der Waals surface area contributed by atoms with Gasteiger partial charge in [-0.2, -0.15) is 0 Å². The standard InChI is InChI=1S/C13H21ClN2O3S/c1-10(2)5-7-19-8-6-16-20(17,18)13-4-3-11(14)9-12(13)15/h3-4,9-10,16H,5-8,15H2,1-2H3. The van der Waals surface area contributed by atoms with Crippen LogP contribution >= 0.6 is 11.6 Å². The molecule has 0 aliphatic carbocycles. The molecule has 0 amide bonds. The predicted octanol–water partition coefficient (Wildman–Crippen LogP) is 2.26. The van der Waals surface area contributed by atoms with Gasteiger partial charge in [0.2, 0.25) is 10.0 Å². The van der Waals surface area contributed by atoms with Crippen LogP contribution in [0.3, 0.4) is 0 Å². The lowest BCUT2D eigenvalue weighted by Crippen LogP contribution is -2.28. The van der Waals surface area contributed by atoms with Crippen LogP contribution in [-0.4, -0.2) is 28.2 Å². The number of hydrogen-bond acceptors (Lipinski definition) is 4. The minimum Gasteiger partial charge on any atom is -0.398 e. The van der Waals surface area contributed by atoms with Gasteiger partial charge in [-0.05, 0) is 30.5 Å². The van der Waals surface area contributed by atoms with E-state index in [0.29, 0.717) is 24.2 Å². The van der Waals surface area contributed by atoms with Crippen LogP contribution in [0.15, 0.2) is 23.1 Å². The molecule has 114 valence electrons. The van der Waals surface area contributed by atoms with Gasteiger partial charge in [0.05, 0.1) is 12.3 Å². The summed E-state index contributed by atoms with van der Waals surface area (Å²) >= 11 is 5.74. The van der Waals surface area contributed by atoms with E-state index in [1.165, 1.54) is 18.2 Å². The number of rotatable bonds is 8. The molecule has 0 aliphatic rings. The number of benzene rings is 1. The second-order valence-electron chi connectivity index (χ2n) is 4.87. The minimum atomic E-state index is -3.62. The van der Waals surface area contributed by atoms with E-state index in [1.807, 2.05) is 0 Å². The van der Waals surface area contributed by atoms with Crippen LogP contribution < -0.4 is 10.5 Å². The molecule has 0 heterocycles. The van der Waals surface area contributed by atoms with E-state index < -0.39 is 10.0 Å². The second-order valence-corrected chi connectivity index (χ2v) is 7.05. The Morgan fingerprint density at radius 1 is 1.35 bits per heavy atom. The molecule has 0 aliphatic heterocycles. The Bertz CT molecular complexity index is 532. The molecule has 7 heteroatoms. The first-order valence-corrected chi connectivity index (χ1v) is 8.31. The summed E-state index contributed by atoms with van der Waals surface area (Å²) < 4.78 is 31.8. The van der Waals surface area contributed by atoms with Crippen LogP contribution in [0.4, 0.5) is 5.69 Å². The molecule has 0 aromatic heterocycles. The number of sulfonamides is 1. The third kappa shape index (κ3) is 5.66. The van der Waals surface area contributed by atoms with E-state index >= 15 is 0 Å². The van der Waals surface area contributed by atoms with E-state index in [-0.39, 0.29) is 17.1 Å². The van der Waals surface area contributed by atoms with Crippen LogP contribution in [-0.2, 0) is 14.8 Å². The van der Waals surface area contributed by atoms with Crippen molar-refractivity contribution in [2.75, 3.05) is 25.5 Å². The molecule has 0 bridgehead atoms. The van der Waals surface area contributed by atoms with Crippen molar-refractivity contribution in [2.24, 2.45) is 5.92 Å². The Hall–Kier alpha value is -0.820. The number of nitrogens with two attached hydrogens (primary N) is 1. The van der Waals surface area contributed by atoms with Crippen molar-refractivity contribution < 1.29 is 13.2 Å². The van der Waals surface area contributed by atoms with Crippen molar-refractivity contribution in [3.05, 3.63) is 23.2 Å². The van der Waals surface area contributed by atoms with Crippen molar-refractivity contribution in [3.8, 4) is 0 Å². The maximum atomic E-state index is 12.0. The summed E-state index contributed by atoms with van der Waals surface area (Å²) in [5.41, 5.74) is 5.79. The zero-order valence-corrected chi connectivity index (χ0v) is 13.3.